The summed E-state index contributed by atoms with van der Waals surface area (Å²) in [4.78, 5) is 3.34. The van der Waals surface area contributed by atoms with Gasteiger partial charge in [-0.05, 0) is 24.6 Å². The highest BCUT2D eigenvalue weighted by Gasteiger charge is 2.05. The zero-order valence-electron chi connectivity index (χ0n) is 11.3. The summed E-state index contributed by atoms with van der Waals surface area (Å²) >= 11 is 0. The molecule has 2 rings (SSSR count). The summed E-state index contributed by atoms with van der Waals surface area (Å²) in [5.41, 5.74) is 4.10. The van der Waals surface area contributed by atoms with E-state index in [2.05, 4.69) is 29.4 Å². The van der Waals surface area contributed by atoms with E-state index < -0.39 is 0 Å². The van der Waals surface area contributed by atoms with Crippen molar-refractivity contribution in [3.63, 3.8) is 0 Å². The topological polar surface area (TPSA) is 60.9 Å². The van der Waals surface area contributed by atoms with Crippen LogP contribution in [-0.4, -0.2) is 31.5 Å². The molecule has 0 aliphatic rings. The molecule has 0 spiro atoms. The average Bonchev–Trinajstić information content (AvgIpc) is 2.84. The molecular formula is C15H19N3O. The molecule has 0 atom stereocenters. The van der Waals surface area contributed by atoms with Crippen LogP contribution < -0.4 is 5.32 Å². The molecule has 0 fully saturated rings. The van der Waals surface area contributed by atoms with E-state index in [9.17, 15) is 0 Å². The van der Waals surface area contributed by atoms with Crippen molar-refractivity contribution in [3.8, 4) is 0 Å². The smallest absolute Gasteiger partial charge is 0.0635 e. The van der Waals surface area contributed by atoms with Crippen LogP contribution in [0.2, 0.25) is 0 Å². The number of fused-ring (bicyclic) bond motifs is 1. The maximum absolute atomic E-state index is 7.52. The number of hydrogen-bond acceptors (Lipinski definition) is 3. The molecule has 1 aromatic carbocycles. The highest BCUT2D eigenvalue weighted by atomic mass is 16.5. The second-order valence-electron chi connectivity index (χ2n) is 4.41. The molecule has 4 heteroatoms. The van der Waals surface area contributed by atoms with Crippen molar-refractivity contribution < 1.29 is 4.74 Å². The number of allylic oxidation sites excluding steroid dienone is 1. The Hall–Kier alpha value is -2.07. The van der Waals surface area contributed by atoms with Crippen LogP contribution in [0.4, 0.5) is 0 Å². The summed E-state index contributed by atoms with van der Waals surface area (Å²) in [6.07, 6.45) is 3.19. The van der Waals surface area contributed by atoms with Crippen LogP contribution in [0.15, 0.2) is 30.5 Å². The van der Waals surface area contributed by atoms with Gasteiger partial charge in [-0.25, -0.2) is 0 Å². The maximum atomic E-state index is 7.52. The van der Waals surface area contributed by atoms with Gasteiger partial charge >= 0.3 is 0 Å². The molecule has 2 aromatic rings. The van der Waals surface area contributed by atoms with Gasteiger partial charge in [-0.3, -0.25) is 0 Å². The Morgan fingerprint density at radius 3 is 3.00 bits per heavy atom. The van der Waals surface area contributed by atoms with E-state index >= 15 is 0 Å². The number of aromatic nitrogens is 1. The Balaban J connectivity index is 2.25. The van der Waals surface area contributed by atoms with Gasteiger partial charge in [-0.2, -0.15) is 0 Å². The molecule has 0 aliphatic carbocycles. The van der Waals surface area contributed by atoms with E-state index in [1.807, 2.05) is 18.3 Å². The molecule has 4 nitrogen and oxygen atoms in total. The first-order valence-corrected chi connectivity index (χ1v) is 6.28. The van der Waals surface area contributed by atoms with Crippen molar-refractivity contribution in [2.45, 2.75) is 6.92 Å². The molecule has 0 saturated heterocycles. The molecule has 0 aliphatic heterocycles. The minimum Gasteiger partial charge on any atom is -0.388 e. The number of H-pyrrole nitrogens is 1. The molecule has 3 N–H and O–H groups in total. The van der Waals surface area contributed by atoms with Gasteiger partial charge in [0.25, 0.3) is 0 Å². The molecule has 0 unspecified atom stereocenters. The van der Waals surface area contributed by atoms with E-state index in [0.717, 1.165) is 23.3 Å². The molecule has 1 heterocycles. The third-order valence-corrected chi connectivity index (χ3v) is 3.06. The molecule has 19 heavy (non-hydrogen) atoms. The van der Waals surface area contributed by atoms with Gasteiger partial charge in [0.15, 0.2) is 0 Å². The lowest BCUT2D eigenvalue weighted by Gasteiger charge is -2.01. The van der Waals surface area contributed by atoms with Crippen LogP contribution in [0.1, 0.15) is 11.3 Å². The first kappa shape index (κ1) is 13.4. The SMILES string of the molecule is COCCN/C=C(\C=N)c1cc2c(C)cccc2[nH]1. The number of hydrogen-bond donors (Lipinski definition) is 3. The van der Waals surface area contributed by atoms with E-state index in [0.29, 0.717) is 6.61 Å². The number of methoxy groups -OCH3 is 1. The van der Waals surface area contributed by atoms with Gasteiger partial charge in [-0.1, -0.05) is 12.1 Å². The fourth-order valence-electron chi connectivity index (χ4n) is 2.00. The van der Waals surface area contributed by atoms with Crippen molar-refractivity contribution in [1.29, 1.82) is 5.41 Å². The molecule has 0 radical (unpaired) electrons. The standard InChI is InChI=1S/C15H19N3O/c1-11-4-3-5-14-13(11)8-15(18-14)12(9-16)10-17-6-7-19-2/h3-5,8-10,16-18H,6-7H2,1-2H3/b12-10+,16-9?. The predicted octanol–water partition coefficient (Wildman–Crippen LogP) is 2.70. The van der Waals surface area contributed by atoms with Gasteiger partial charge in [0.2, 0.25) is 0 Å². The first-order chi connectivity index (χ1) is 9.26. The van der Waals surface area contributed by atoms with Gasteiger partial charge in [0.1, 0.15) is 0 Å². The van der Waals surface area contributed by atoms with Crippen molar-refractivity contribution >= 4 is 22.7 Å². The summed E-state index contributed by atoms with van der Waals surface area (Å²) in [5.74, 6) is 0. The zero-order chi connectivity index (χ0) is 13.7. The van der Waals surface area contributed by atoms with Crippen molar-refractivity contribution in [2.75, 3.05) is 20.3 Å². The average molecular weight is 257 g/mol. The van der Waals surface area contributed by atoms with Crippen LogP contribution in [0.25, 0.3) is 16.5 Å². The summed E-state index contributed by atoms with van der Waals surface area (Å²) in [5, 5.41) is 11.9. The number of aromatic amines is 1. The lowest BCUT2D eigenvalue weighted by atomic mass is 10.1. The number of benzene rings is 1. The van der Waals surface area contributed by atoms with Crippen molar-refractivity contribution in [2.24, 2.45) is 0 Å². The highest BCUT2D eigenvalue weighted by Crippen LogP contribution is 2.22. The lowest BCUT2D eigenvalue weighted by molar-refractivity contribution is 0.203. The maximum Gasteiger partial charge on any atom is 0.0635 e. The van der Waals surface area contributed by atoms with Crippen LogP contribution in [0.5, 0.6) is 0 Å². The summed E-state index contributed by atoms with van der Waals surface area (Å²) in [6, 6.07) is 8.25. The fraction of sp³-hybridized carbons (Fsp3) is 0.267. The van der Waals surface area contributed by atoms with E-state index in [-0.39, 0.29) is 0 Å². The third kappa shape index (κ3) is 3.03. The lowest BCUT2D eigenvalue weighted by Crippen LogP contribution is -2.13. The molecule has 100 valence electrons. The Bertz CT molecular complexity index is 598. The van der Waals surface area contributed by atoms with Crippen LogP contribution >= 0.6 is 0 Å². The second-order valence-corrected chi connectivity index (χ2v) is 4.41. The Kier molecular flexibility index (Phi) is 4.36. The molecule has 0 saturated carbocycles. The fourth-order valence-corrected chi connectivity index (χ4v) is 2.00. The van der Waals surface area contributed by atoms with Crippen LogP contribution in [-0.2, 0) is 4.74 Å². The molecule has 0 bridgehead atoms. The third-order valence-electron chi connectivity index (χ3n) is 3.06. The minimum absolute atomic E-state index is 0.646. The molecule has 0 amide bonds. The van der Waals surface area contributed by atoms with E-state index in [4.69, 9.17) is 10.1 Å². The quantitative estimate of drug-likeness (QED) is 0.550. The van der Waals surface area contributed by atoms with E-state index in [1.54, 1.807) is 7.11 Å². The highest BCUT2D eigenvalue weighted by molar-refractivity contribution is 6.09. The largest absolute Gasteiger partial charge is 0.388 e. The molecular weight excluding hydrogens is 238 g/mol. The Labute approximate surface area is 113 Å². The predicted molar refractivity (Wildman–Crippen MR) is 79.7 cm³/mol. The normalized spacial score (nSPS) is 11.8. The second kappa shape index (κ2) is 6.20. The minimum atomic E-state index is 0.646. The zero-order valence-corrected chi connectivity index (χ0v) is 11.3. The van der Waals surface area contributed by atoms with Crippen molar-refractivity contribution in [1.82, 2.24) is 10.3 Å². The number of rotatable bonds is 6. The summed E-state index contributed by atoms with van der Waals surface area (Å²) in [7, 11) is 1.67. The monoisotopic (exact) mass is 257 g/mol. The van der Waals surface area contributed by atoms with E-state index in [1.165, 1.54) is 17.2 Å². The van der Waals surface area contributed by atoms with Gasteiger partial charge in [0.05, 0.1) is 6.61 Å². The summed E-state index contributed by atoms with van der Waals surface area (Å²) in [6.45, 7) is 3.46. The van der Waals surface area contributed by atoms with Crippen molar-refractivity contribution in [3.05, 3.63) is 41.7 Å². The number of nitrogens with one attached hydrogen (secondary N) is 3. The van der Waals surface area contributed by atoms with Gasteiger partial charge in [0, 0.05) is 48.2 Å². The number of ether oxygens (including phenoxy) is 1. The number of aryl methyl sites for hydroxylation is 1. The first-order valence-electron chi connectivity index (χ1n) is 6.28. The molecule has 1 aromatic heterocycles. The van der Waals surface area contributed by atoms with Gasteiger partial charge < -0.3 is 20.4 Å². The van der Waals surface area contributed by atoms with Crippen LogP contribution in [0.3, 0.4) is 0 Å². The Morgan fingerprint density at radius 2 is 2.32 bits per heavy atom. The Morgan fingerprint density at radius 1 is 1.47 bits per heavy atom. The van der Waals surface area contributed by atoms with Crippen LogP contribution in [0, 0.1) is 12.3 Å². The summed E-state index contributed by atoms with van der Waals surface area (Å²) < 4.78 is 4.97. The van der Waals surface area contributed by atoms with Gasteiger partial charge in [-0.15, -0.1) is 0 Å².